The first-order valence-corrected chi connectivity index (χ1v) is 10.4. The summed E-state index contributed by atoms with van der Waals surface area (Å²) in [5.41, 5.74) is 5.29. The van der Waals surface area contributed by atoms with E-state index in [9.17, 15) is 4.57 Å². The Labute approximate surface area is 153 Å². The first-order valence-electron chi connectivity index (χ1n) is 8.90. The quantitative estimate of drug-likeness (QED) is 0.315. The van der Waals surface area contributed by atoms with Gasteiger partial charge in [0, 0.05) is 0 Å². The monoisotopic (exact) mass is 370 g/mol. The van der Waals surface area contributed by atoms with E-state index >= 15 is 0 Å². The molecule has 0 aliphatic heterocycles. The van der Waals surface area contributed by atoms with E-state index in [1.165, 1.54) is 16.7 Å². The van der Waals surface area contributed by atoms with Crippen molar-refractivity contribution in [2.24, 2.45) is 0 Å². The van der Waals surface area contributed by atoms with Gasteiger partial charge in [-0.2, -0.15) is 0 Å². The minimum atomic E-state index is -4.36. The van der Waals surface area contributed by atoms with Crippen LogP contribution in [-0.4, -0.2) is 16.4 Å². The van der Waals surface area contributed by atoms with Gasteiger partial charge >= 0.3 is 7.82 Å². The Morgan fingerprint density at radius 3 is 1.56 bits per heavy atom. The molecule has 0 saturated heterocycles. The van der Waals surface area contributed by atoms with Crippen molar-refractivity contribution in [2.45, 2.75) is 73.1 Å². The van der Waals surface area contributed by atoms with Crippen molar-refractivity contribution < 1.29 is 18.9 Å². The van der Waals surface area contributed by atoms with Crippen LogP contribution in [0, 0.1) is 0 Å². The maximum Gasteiger partial charge on any atom is 0.469 e. The van der Waals surface area contributed by atoms with Gasteiger partial charge in [-0.3, -0.25) is 4.52 Å². The molecule has 25 heavy (non-hydrogen) atoms. The lowest BCUT2D eigenvalue weighted by atomic mass is 10.0. The van der Waals surface area contributed by atoms with Crippen molar-refractivity contribution in [3.05, 3.63) is 46.6 Å². The molecule has 0 aliphatic carbocycles. The number of hydrogen-bond donors (Lipinski definition) is 2. The summed E-state index contributed by atoms with van der Waals surface area (Å²) in [4.78, 5) is 17.2. The minimum Gasteiger partial charge on any atom is -0.303 e. The second-order valence-electron chi connectivity index (χ2n) is 6.84. The molecule has 0 aromatic carbocycles. The molecule has 4 nitrogen and oxygen atoms in total. The normalized spacial score (nSPS) is 14.0. The van der Waals surface area contributed by atoms with Gasteiger partial charge in [-0.25, -0.2) is 4.57 Å². The van der Waals surface area contributed by atoms with Crippen LogP contribution in [0.5, 0.6) is 0 Å². The topological polar surface area (TPSA) is 66.8 Å². The average Bonchev–Trinajstić information content (AvgIpc) is 2.45. The molecule has 0 radical (unpaired) electrons. The number of rotatable bonds is 12. The summed E-state index contributed by atoms with van der Waals surface area (Å²) >= 11 is 0. The second-order valence-corrected chi connectivity index (χ2v) is 8.07. The van der Waals surface area contributed by atoms with Crippen molar-refractivity contribution in [2.75, 3.05) is 6.61 Å². The lowest BCUT2D eigenvalue weighted by Gasteiger charge is -2.04. The Bertz CT molecular complexity index is 546. The zero-order valence-corrected chi connectivity index (χ0v) is 17.3. The van der Waals surface area contributed by atoms with Crippen LogP contribution in [0.25, 0.3) is 0 Å². The van der Waals surface area contributed by atoms with Crippen molar-refractivity contribution >= 4 is 7.82 Å². The van der Waals surface area contributed by atoms with Crippen LogP contribution in [0.2, 0.25) is 0 Å². The predicted octanol–water partition coefficient (Wildman–Crippen LogP) is 6.24. The lowest BCUT2D eigenvalue weighted by Crippen LogP contribution is -1.89. The highest BCUT2D eigenvalue weighted by Gasteiger charge is 2.11. The van der Waals surface area contributed by atoms with Crippen LogP contribution < -0.4 is 0 Å². The summed E-state index contributed by atoms with van der Waals surface area (Å²) < 4.78 is 15.0. The number of hydrogen-bond acceptors (Lipinski definition) is 2. The molecule has 0 rings (SSSR count). The summed E-state index contributed by atoms with van der Waals surface area (Å²) in [7, 11) is -4.36. The summed E-state index contributed by atoms with van der Waals surface area (Å²) in [5.74, 6) is 0. The Morgan fingerprint density at radius 2 is 1.16 bits per heavy atom. The van der Waals surface area contributed by atoms with Crippen LogP contribution in [-0.2, 0) is 9.09 Å². The van der Waals surface area contributed by atoms with Crippen molar-refractivity contribution in [1.29, 1.82) is 0 Å². The number of phosphoric ester groups is 1. The highest BCUT2D eigenvalue weighted by molar-refractivity contribution is 7.46. The van der Waals surface area contributed by atoms with Crippen LogP contribution in [0.1, 0.15) is 73.1 Å². The first-order chi connectivity index (χ1) is 11.6. The molecule has 0 aromatic rings. The maximum atomic E-state index is 10.6. The van der Waals surface area contributed by atoms with Gasteiger partial charge in [0.1, 0.15) is 0 Å². The van der Waals surface area contributed by atoms with Gasteiger partial charge in [0.25, 0.3) is 0 Å². The molecule has 5 heteroatoms. The molecule has 0 atom stereocenters. The molecule has 0 aliphatic rings. The molecule has 0 saturated carbocycles. The molecule has 0 unspecified atom stereocenters. The fourth-order valence-electron chi connectivity index (χ4n) is 2.26. The Hall–Kier alpha value is -0.930. The SMILES string of the molecule is CC(C)=CCCC(C)=CCCC(C)=CCCC(C)=CCOP(=O)(O)O. The number of phosphoric acid groups is 1. The minimum absolute atomic E-state index is 0.0460. The molecular formula is C20H35O4P. The third-order valence-electron chi connectivity index (χ3n) is 3.83. The van der Waals surface area contributed by atoms with Crippen LogP contribution in [0.4, 0.5) is 0 Å². The molecule has 0 fully saturated rings. The van der Waals surface area contributed by atoms with Gasteiger partial charge < -0.3 is 9.79 Å². The standard InChI is InChI=1S/C20H35O4P/c1-17(2)9-6-10-18(3)11-7-12-19(4)13-8-14-20(5)15-16-24-25(21,22)23/h9,11,13,15H,6-8,10,12,14,16H2,1-5H3,(H2,21,22,23). The molecule has 0 heterocycles. The first kappa shape index (κ1) is 24.1. The molecular weight excluding hydrogens is 335 g/mol. The molecule has 0 spiro atoms. The zero-order valence-electron chi connectivity index (χ0n) is 16.4. The zero-order chi connectivity index (χ0) is 19.3. The van der Waals surface area contributed by atoms with Crippen molar-refractivity contribution in [3.63, 3.8) is 0 Å². The fraction of sp³-hybridized carbons (Fsp3) is 0.600. The predicted molar refractivity (Wildman–Crippen MR) is 106 cm³/mol. The van der Waals surface area contributed by atoms with Gasteiger partial charge in [0.05, 0.1) is 6.61 Å². The van der Waals surface area contributed by atoms with E-state index < -0.39 is 7.82 Å². The molecule has 144 valence electrons. The van der Waals surface area contributed by atoms with Crippen LogP contribution >= 0.6 is 7.82 Å². The van der Waals surface area contributed by atoms with E-state index in [1.54, 1.807) is 6.08 Å². The highest BCUT2D eigenvalue weighted by atomic mass is 31.2. The maximum absolute atomic E-state index is 10.6. The van der Waals surface area contributed by atoms with E-state index in [0.717, 1.165) is 44.1 Å². The summed E-state index contributed by atoms with van der Waals surface area (Å²) in [6, 6.07) is 0. The summed E-state index contributed by atoms with van der Waals surface area (Å²) in [6.45, 7) is 10.5. The van der Waals surface area contributed by atoms with Gasteiger partial charge in [0.2, 0.25) is 0 Å². The van der Waals surface area contributed by atoms with E-state index in [1.807, 2.05) is 6.92 Å². The van der Waals surface area contributed by atoms with E-state index in [4.69, 9.17) is 9.79 Å². The largest absolute Gasteiger partial charge is 0.469 e. The Balaban J connectivity index is 4.03. The molecule has 0 aromatic heterocycles. The van der Waals surface area contributed by atoms with Crippen molar-refractivity contribution in [3.8, 4) is 0 Å². The lowest BCUT2D eigenvalue weighted by molar-refractivity contribution is 0.215. The van der Waals surface area contributed by atoms with Gasteiger partial charge in [0.15, 0.2) is 0 Å². The highest BCUT2D eigenvalue weighted by Crippen LogP contribution is 2.35. The Kier molecular flexibility index (Phi) is 12.8. The average molecular weight is 370 g/mol. The fourth-order valence-corrected chi connectivity index (χ4v) is 2.53. The smallest absolute Gasteiger partial charge is 0.303 e. The van der Waals surface area contributed by atoms with E-state index in [0.29, 0.717) is 0 Å². The number of allylic oxidation sites excluding steroid dienone is 7. The summed E-state index contributed by atoms with van der Waals surface area (Å²) in [5, 5.41) is 0. The van der Waals surface area contributed by atoms with Gasteiger partial charge in [-0.1, -0.05) is 46.6 Å². The third kappa shape index (κ3) is 17.7. The Morgan fingerprint density at radius 1 is 0.760 bits per heavy atom. The van der Waals surface area contributed by atoms with E-state index in [2.05, 4.69) is 50.4 Å². The van der Waals surface area contributed by atoms with Crippen LogP contribution in [0.3, 0.4) is 0 Å². The van der Waals surface area contributed by atoms with Gasteiger partial charge in [-0.05, 0) is 73.1 Å². The molecule has 2 N–H and O–H groups in total. The van der Waals surface area contributed by atoms with E-state index in [-0.39, 0.29) is 6.61 Å². The van der Waals surface area contributed by atoms with Crippen molar-refractivity contribution in [1.82, 2.24) is 0 Å². The third-order valence-corrected chi connectivity index (χ3v) is 4.31. The van der Waals surface area contributed by atoms with Crippen LogP contribution in [0.15, 0.2) is 46.6 Å². The summed E-state index contributed by atoms with van der Waals surface area (Å²) in [6.07, 6.45) is 14.8. The molecule has 0 bridgehead atoms. The second kappa shape index (κ2) is 13.3. The van der Waals surface area contributed by atoms with Gasteiger partial charge in [-0.15, -0.1) is 0 Å². The molecule has 0 amide bonds.